The van der Waals surface area contributed by atoms with Crippen molar-refractivity contribution in [2.45, 2.75) is 45.2 Å². The fourth-order valence-electron chi connectivity index (χ4n) is 2.45. The van der Waals surface area contributed by atoms with Gasteiger partial charge in [-0.1, -0.05) is 19.4 Å². The molecule has 19 heavy (non-hydrogen) atoms. The summed E-state index contributed by atoms with van der Waals surface area (Å²) in [4.78, 5) is 2.44. The van der Waals surface area contributed by atoms with Gasteiger partial charge in [-0.05, 0) is 44.0 Å². The summed E-state index contributed by atoms with van der Waals surface area (Å²) in [6.07, 6.45) is 4.93. The Kier molecular flexibility index (Phi) is 4.81. The minimum absolute atomic E-state index is 0.661. The average Bonchev–Trinajstić information content (AvgIpc) is 3.25. The van der Waals surface area contributed by atoms with Gasteiger partial charge in [0, 0.05) is 19.1 Å². The van der Waals surface area contributed by atoms with Gasteiger partial charge in [-0.3, -0.25) is 0 Å². The molecule has 2 rings (SSSR count). The van der Waals surface area contributed by atoms with Crippen molar-refractivity contribution in [1.82, 2.24) is 5.32 Å². The maximum atomic E-state index is 9.39. The van der Waals surface area contributed by atoms with Crippen LogP contribution in [0.15, 0.2) is 18.2 Å². The number of hydrogen-bond donors (Lipinski definition) is 1. The van der Waals surface area contributed by atoms with Gasteiger partial charge in [-0.25, -0.2) is 0 Å². The second kappa shape index (κ2) is 6.58. The highest BCUT2D eigenvalue weighted by atomic mass is 15.2. The topological polar surface area (TPSA) is 39.1 Å². The van der Waals surface area contributed by atoms with Crippen LogP contribution < -0.4 is 10.2 Å². The van der Waals surface area contributed by atoms with Gasteiger partial charge >= 0.3 is 0 Å². The quantitative estimate of drug-likeness (QED) is 0.816. The lowest BCUT2D eigenvalue weighted by Crippen LogP contribution is -2.27. The third kappa shape index (κ3) is 3.48. The predicted molar refractivity (Wildman–Crippen MR) is 79.2 cm³/mol. The van der Waals surface area contributed by atoms with Crippen molar-refractivity contribution in [3.8, 4) is 6.07 Å². The summed E-state index contributed by atoms with van der Waals surface area (Å²) in [5.41, 5.74) is 3.11. The molecule has 1 aromatic rings. The first-order valence-corrected chi connectivity index (χ1v) is 7.24. The Bertz CT molecular complexity index is 458. The number of anilines is 1. The molecule has 1 fully saturated rings. The second-order valence-corrected chi connectivity index (χ2v) is 5.27. The van der Waals surface area contributed by atoms with E-state index in [9.17, 15) is 5.26 Å². The van der Waals surface area contributed by atoms with Gasteiger partial charge in [0.2, 0.25) is 0 Å². The van der Waals surface area contributed by atoms with E-state index in [1.165, 1.54) is 31.2 Å². The number of nitrogens with zero attached hydrogens (tertiary/aromatic N) is 2. The number of unbranched alkanes of at least 4 members (excludes halogenated alkanes) is 1. The van der Waals surface area contributed by atoms with E-state index in [0.29, 0.717) is 6.04 Å². The maximum Gasteiger partial charge on any atom is 0.101 e. The summed E-state index contributed by atoms with van der Waals surface area (Å²) in [7, 11) is 1.93. The summed E-state index contributed by atoms with van der Waals surface area (Å²) < 4.78 is 0. The molecule has 0 aromatic heterocycles. The normalized spacial score (nSPS) is 14.2. The molecular formula is C16H23N3. The molecule has 1 aliphatic rings. The summed E-state index contributed by atoms with van der Waals surface area (Å²) in [6, 6.07) is 9.30. The third-order valence-electron chi connectivity index (χ3n) is 3.61. The van der Waals surface area contributed by atoms with Crippen LogP contribution >= 0.6 is 0 Å². The molecule has 0 radical (unpaired) electrons. The lowest BCUT2D eigenvalue weighted by atomic mass is 10.1. The zero-order chi connectivity index (χ0) is 13.7. The molecule has 0 heterocycles. The van der Waals surface area contributed by atoms with Crippen molar-refractivity contribution in [1.29, 1.82) is 5.26 Å². The molecule has 0 bridgehead atoms. The third-order valence-corrected chi connectivity index (χ3v) is 3.61. The van der Waals surface area contributed by atoms with Crippen molar-refractivity contribution in [3.63, 3.8) is 0 Å². The van der Waals surface area contributed by atoms with Crippen LogP contribution in [0.4, 0.5) is 5.69 Å². The van der Waals surface area contributed by atoms with Gasteiger partial charge < -0.3 is 10.2 Å². The molecule has 0 spiro atoms. The fourth-order valence-corrected chi connectivity index (χ4v) is 2.45. The van der Waals surface area contributed by atoms with Gasteiger partial charge in [0.25, 0.3) is 0 Å². The molecule has 1 aromatic carbocycles. The maximum absolute atomic E-state index is 9.39. The van der Waals surface area contributed by atoms with E-state index in [4.69, 9.17) is 0 Å². The van der Waals surface area contributed by atoms with E-state index >= 15 is 0 Å². The zero-order valence-corrected chi connectivity index (χ0v) is 11.9. The predicted octanol–water partition coefficient (Wildman–Crippen LogP) is 3.05. The minimum atomic E-state index is 0.661. The summed E-state index contributed by atoms with van der Waals surface area (Å²) in [5.74, 6) is 0. The van der Waals surface area contributed by atoms with Crippen molar-refractivity contribution >= 4 is 5.69 Å². The molecule has 0 atom stereocenters. The van der Waals surface area contributed by atoms with E-state index in [-0.39, 0.29) is 0 Å². The molecule has 3 nitrogen and oxygen atoms in total. The zero-order valence-electron chi connectivity index (χ0n) is 11.9. The van der Waals surface area contributed by atoms with Gasteiger partial charge in [0.15, 0.2) is 0 Å². The first kappa shape index (κ1) is 13.9. The monoisotopic (exact) mass is 257 g/mol. The molecule has 3 heteroatoms. The lowest BCUT2D eigenvalue weighted by molar-refractivity contribution is 0.712. The first-order valence-electron chi connectivity index (χ1n) is 7.24. The highest BCUT2D eigenvalue weighted by Gasteiger charge is 2.30. The Balaban J connectivity index is 2.23. The SMILES string of the molecule is CCCCN(c1ccc(CNC)cc1C#N)C1CC1. The molecule has 0 amide bonds. The van der Waals surface area contributed by atoms with Crippen LogP contribution in [-0.4, -0.2) is 19.6 Å². The highest BCUT2D eigenvalue weighted by Crippen LogP contribution is 2.34. The van der Waals surface area contributed by atoms with E-state index in [1.807, 2.05) is 13.1 Å². The number of benzene rings is 1. The largest absolute Gasteiger partial charge is 0.367 e. The van der Waals surface area contributed by atoms with Gasteiger partial charge in [-0.2, -0.15) is 5.26 Å². The summed E-state index contributed by atoms with van der Waals surface area (Å²) in [5, 5.41) is 12.5. The second-order valence-electron chi connectivity index (χ2n) is 5.27. The molecule has 102 valence electrons. The fraction of sp³-hybridized carbons (Fsp3) is 0.562. The number of rotatable bonds is 7. The standard InChI is InChI=1S/C16H23N3/c1-3-4-9-19(15-6-7-15)16-8-5-13(12-18-2)10-14(16)11-17/h5,8,10,15,18H,3-4,6-7,9,12H2,1-2H3. The Labute approximate surface area is 116 Å². The van der Waals surface area contributed by atoms with Crippen molar-refractivity contribution in [2.24, 2.45) is 0 Å². The van der Waals surface area contributed by atoms with Crippen LogP contribution in [-0.2, 0) is 6.54 Å². The molecule has 0 aliphatic heterocycles. The molecule has 1 N–H and O–H groups in total. The van der Waals surface area contributed by atoms with Crippen LogP contribution in [0.3, 0.4) is 0 Å². The Morgan fingerprint density at radius 2 is 2.21 bits per heavy atom. The van der Waals surface area contributed by atoms with E-state index in [1.54, 1.807) is 0 Å². The van der Waals surface area contributed by atoms with Gasteiger partial charge in [0.05, 0.1) is 11.3 Å². The van der Waals surface area contributed by atoms with Gasteiger partial charge in [-0.15, -0.1) is 0 Å². The smallest absolute Gasteiger partial charge is 0.101 e. The first-order chi connectivity index (χ1) is 9.30. The molecule has 0 unspecified atom stereocenters. The van der Waals surface area contributed by atoms with Crippen molar-refractivity contribution in [2.75, 3.05) is 18.5 Å². The number of hydrogen-bond acceptors (Lipinski definition) is 3. The number of nitrogens with one attached hydrogen (secondary N) is 1. The minimum Gasteiger partial charge on any atom is -0.367 e. The van der Waals surface area contributed by atoms with Crippen LogP contribution in [0.2, 0.25) is 0 Å². The summed E-state index contributed by atoms with van der Waals surface area (Å²) >= 11 is 0. The molecule has 1 saturated carbocycles. The van der Waals surface area contributed by atoms with E-state index in [0.717, 1.165) is 24.3 Å². The average molecular weight is 257 g/mol. The lowest BCUT2D eigenvalue weighted by Gasteiger charge is -2.26. The van der Waals surface area contributed by atoms with E-state index in [2.05, 4.69) is 35.3 Å². The number of nitriles is 1. The van der Waals surface area contributed by atoms with Crippen LogP contribution in [0.1, 0.15) is 43.7 Å². The van der Waals surface area contributed by atoms with Crippen molar-refractivity contribution < 1.29 is 0 Å². The Hall–Kier alpha value is -1.53. The summed E-state index contributed by atoms with van der Waals surface area (Å²) in [6.45, 7) is 4.10. The van der Waals surface area contributed by atoms with Crippen LogP contribution in [0, 0.1) is 11.3 Å². The van der Waals surface area contributed by atoms with E-state index < -0.39 is 0 Å². The highest BCUT2D eigenvalue weighted by molar-refractivity contribution is 5.61. The molecular weight excluding hydrogens is 234 g/mol. The molecule has 1 aliphatic carbocycles. The molecule has 0 saturated heterocycles. The van der Waals surface area contributed by atoms with Crippen LogP contribution in [0.5, 0.6) is 0 Å². The van der Waals surface area contributed by atoms with Crippen LogP contribution in [0.25, 0.3) is 0 Å². The Morgan fingerprint density at radius 3 is 2.79 bits per heavy atom. The van der Waals surface area contributed by atoms with Gasteiger partial charge in [0.1, 0.15) is 6.07 Å². The van der Waals surface area contributed by atoms with Crippen molar-refractivity contribution in [3.05, 3.63) is 29.3 Å². The Morgan fingerprint density at radius 1 is 1.42 bits per heavy atom.